The number of anilines is 1. The summed E-state index contributed by atoms with van der Waals surface area (Å²) in [5.41, 5.74) is 1.09. The van der Waals surface area contributed by atoms with E-state index in [0.29, 0.717) is 22.7 Å². The minimum atomic E-state index is -0.964. The first-order chi connectivity index (χ1) is 13.5. The molecule has 28 heavy (non-hydrogen) atoms. The van der Waals surface area contributed by atoms with Crippen LogP contribution in [0.3, 0.4) is 0 Å². The third-order valence-electron chi connectivity index (χ3n) is 5.57. The number of hydrogen-bond acceptors (Lipinski definition) is 3. The molecule has 142 valence electrons. The highest BCUT2D eigenvalue weighted by Gasteiger charge is 2.51. The predicted octanol–water partition coefficient (Wildman–Crippen LogP) is 4.03. The van der Waals surface area contributed by atoms with Crippen LogP contribution >= 0.6 is 11.6 Å². The summed E-state index contributed by atoms with van der Waals surface area (Å²) >= 11 is 6.08. The molecule has 5 nitrogen and oxygen atoms in total. The van der Waals surface area contributed by atoms with E-state index in [9.17, 15) is 19.5 Å². The number of benzene rings is 2. The molecule has 0 radical (unpaired) electrons. The molecule has 0 heterocycles. The molecule has 2 bridgehead atoms. The Balaban J connectivity index is 1.64. The van der Waals surface area contributed by atoms with E-state index in [2.05, 4.69) is 5.32 Å². The summed E-state index contributed by atoms with van der Waals surface area (Å²) in [4.78, 5) is 37.5. The smallest absolute Gasteiger partial charge is 0.307 e. The first-order valence-corrected chi connectivity index (χ1v) is 9.45. The van der Waals surface area contributed by atoms with Crippen molar-refractivity contribution >= 4 is 34.9 Å². The van der Waals surface area contributed by atoms with Gasteiger partial charge in [-0.1, -0.05) is 54.1 Å². The van der Waals surface area contributed by atoms with Crippen LogP contribution in [0.1, 0.15) is 22.3 Å². The van der Waals surface area contributed by atoms with Gasteiger partial charge >= 0.3 is 5.97 Å². The van der Waals surface area contributed by atoms with Crippen molar-refractivity contribution in [1.29, 1.82) is 0 Å². The van der Waals surface area contributed by atoms with Gasteiger partial charge in [0.1, 0.15) is 0 Å². The summed E-state index contributed by atoms with van der Waals surface area (Å²) in [6.07, 6.45) is 4.48. The lowest BCUT2D eigenvalue weighted by Crippen LogP contribution is -2.36. The summed E-state index contributed by atoms with van der Waals surface area (Å²) < 4.78 is 0. The van der Waals surface area contributed by atoms with Crippen molar-refractivity contribution in [2.24, 2.45) is 23.7 Å². The van der Waals surface area contributed by atoms with Gasteiger partial charge in [0.25, 0.3) is 0 Å². The number of ketones is 1. The molecule has 1 saturated carbocycles. The Morgan fingerprint density at radius 1 is 0.964 bits per heavy atom. The fourth-order valence-corrected chi connectivity index (χ4v) is 4.46. The van der Waals surface area contributed by atoms with Gasteiger partial charge in [-0.2, -0.15) is 0 Å². The van der Waals surface area contributed by atoms with Crippen LogP contribution in [0.15, 0.2) is 60.7 Å². The minimum absolute atomic E-state index is 0.0910. The summed E-state index contributed by atoms with van der Waals surface area (Å²) in [5, 5.41) is 12.7. The zero-order valence-electron chi connectivity index (χ0n) is 14.8. The lowest BCUT2D eigenvalue weighted by Gasteiger charge is -2.24. The standard InChI is InChI=1S/C22H18ClNO4/c23-15-8-9-17(16(11-15)20(25)12-4-2-1-3-5-12)24-21(26)18-13-6-7-14(10-13)19(18)22(27)28/h1-9,11,13-14,18-19H,10H2,(H,24,26)(H,27,28)/t13-,14-,18-,19-/m0/s1. The summed E-state index contributed by atoms with van der Waals surface area (Å²) in [6.45, 7) is 0. The normalized spacial score (nSPS) is 24.9. The first-order valence-electron chi connectivity index (χ1n) is 9.07. The molecule has 1 amide bonds. The van der Waals surface area contributed by atoms with E-state index >= 15 is 0 Å². The molecule has 2 aliphatic carbocycles. The van der Waals surface area contributed by atoms with Gasteiger partial charge in [-0.15, -0.1) is 0 Å². The molecule has 0 aliphatic heterocycles. The van der Waals surface area contributed by atoms with Crippen LogP contribution in [-0.4, -0.2) is 22.8 Å². The van der Waals surface area contributed by atoms with E-state index < -0.39 is 17.8 Å². The number of carbonyl (C=O) groups excluding carboxylic acids is 2. The van der Waals surface area contributed by atoms with Gasteiger partial charge in [0.2, 0.25) is 5.91 Å². The van der Waals surface area contributed by atoms with E-state index in [0.717, 1.165) is 0 Å². The highest BCUT2D eigenvalue weighted by molar-refractivity contribution is 6.31. The second kappa shape index (κ2) is 7.24. The lowest BCUT2D eigenvalue weighted by atomic mass is 9.82. The van der Waals surface area contributed by atoms with Crippen LogP contribution in [0, 0.1) is 23.7 Å². The SMILES string of the molecule is O=C(c1ccccc1)c1cc(Cl)ccc1NC(=O)[C@@H]1[C@@H](C(=O)O)[C@H]2C=C[C@H]1C2. The molecule has 4 atom stereocenters. The Morgan fingerprint density at radius 3 is 2.32 bits per heavy atom. The molecule has 0 aromatic heterocycles. The topological polar surface area (TPSA) is 83.5 Å². The highest BCUT2D eigenvalue weighted by Crippen LogP contribution is 2.48. The molecule has 2 aliphatic rings. The van der Waals surface area contributed by atoms with E-state index in [1.54, 1.807) is 36.4 Å². The molecule has 0 spiro atoms. The number of allylic oxidation sites excluding steroid dienone is 2. The molecule has 2 aromatic carbocycles. The van der Waals surface area contributed by atoms with Crippen molar-refractivity contribution in [2.45, 2.75) is 6.42 Å². The Labute approximate surface area is 167 Å². The van der Waals surface area contributed by atoms with Crippen LogP contribution in [0.4, 0.5) is 5.69 Å². The number of carbonyl (C=O) groups is 3. The van der Waals surface area contributed by atoms with Crippen LogP contribution in [0.25, 0.3) is 0 Å². The fourth-order valence-electron chi connectivity index (χ4n) is 4.29. The monoisotopic (exact) mass is 395 g/mol. The maximum atomic E-state index is 13.0. The molecular weight excluding hydrogens is 378 g/mol. The van der Waals surface area contributed by atoms with Crippen molar-refractivity contribution in [3.63, 3.8) is 0 Å². The maximum Gasteiger partial charge on any atom is 0.307 e. The number of carboxylic acid groups (broad SMARTS) is 1. The van der Waals surface area contributed by atoms with Crippen molar-refractivity contribution < 1.29 is 19.5 Å². The number of hydrogen-bond donors (Lipinski definition) is 2. The van der Waals surface area contributed by atoms with Crippen molar-refractivity contribution in [3.05, 3.63) is 76.8 Å². The number of nitrogens with one attached hydrogen (secondary N) is 1. The van der Waals surface area contributed by atoms with E-state index in [1.165, 1.54) is 6.07 Å². The molecule has 0 saturated heterocycles. The van der Waals surface area contributed by atoms with Gasteiger partial charge in [-0.25, -0.2) is 0 Å². The number of carboxylic acids is 1. The molecule has 6 heteroatoms. The van der Waals surface area contributed by atoms with Gasteiger partial charge in [-0.05, 0) is 36.5 Å². The number of fused-ring (bicyclic) bond motifs is 2. The average molecular weight is 396 g/mol. The van der Waals surface area contributed by atoms with Crippen molar-refractivity contribution in [1.82, 2.24) is 0 Å². The van der Waals surface area contributed by atoms with Gasteiger partial charge in [-0.3, -0.25) is 14.4 Å². The van der Waals surface area contributed by atoms with Gasteiger partial charge in [0.15, 0.2) is 5.78 Å². The summed E-state index contributed by atoms with van der Waals surface area (Å²) in [6, 6.07) is 13.4. The van der Waals surface area contributed by atoms with Crippen LogP contribution in [0.2, 0.25) is 5.02 Å². The Morgan fingerprint density at radius 2 is 1.64 bits per heavy atom. The Kier molecular flexibility index (Phi) is 4.77. The van der Waals surface area contributed by atoms with Crippen LogP contribution in [-0.2, 0) is 9.59 Å². The molecule has 2 aromatic rings. The number of amides is 1. The van der Waals surface area contributed by atoms with Crippen molar-refractivity contribution in [2.75, 3.05) is 5.32 Å². The highest BCUT2D eigenvalue weighted by atomic mass is 35.5. The number of rotatable bonds is 5. The van der Waals surface area contributed by atoms with E-state index in [-0.39, 0.29) is 29.1 Å². The third kappa shape index (κ3) is 3.22. The van der Waals surface area contributed by atoms with Crippen LogP contribution in [0.5, 0.6) is 0 Å². The zero-order valence-corrected chi connectivity index (χ0v) is 15.6. The van der Waals surface area contributed by atoms with Crippen molar-refractivity contribution in [3.8, 4) is 0 Å². The number of aliphatic carboxylic acids is 1. The Hall–Kier alpha value is -2.92. The second-order valence-corrected chi connectivity index (χ2v) is 7.65. The zero-order chi connectivity index (χ0) is 19.8. The molecule has 1 fully saturated rings. The summed E-state index contributed by atoms with van der Waals surface area (Å²) in [7, 11) is 0. The largest absolute Gasteiger partial charge is 0.481 e. The molecule has 0 unspecified atom stereocenters. The summed E-state index contributed by atoms with van der Waals surface area (Å²) in [5.74, 6) is -3.21. The molecule has 4 rings (SSSR count). The molecule has 2 N–H and O–H groups in total. The predicted molar refractivity (Wildman–Crippen MR) is 105 cm³/mol. The average Bonchev–Trinajstić information content (AvgIpc) is 3.31. The maximum absolute atomic E-state index is 13.0. The molecular formula is C22H18ClNO4. The quantitative estimate of drug-likeness (QED) is 0.591. The third-order valence-corrected chi connectivity index (χ3v) is 5.80. The van der Waals surface area contributed by atoms with E-state index in [4.69, 9.17) is 11.6 Å². The van der Waals surface area contributed by atoms with Gasteiger partial charge < -0.3 is 10.4 Å². The van der Waals surface area contributed by atoms with E-state index in [1.807, 2.05) is 18.2 Å². The van der Waals surface area contributed by atoms with Gasteiger partial charge in [0, 0.05) is 16.1 Å². The Bertz CT molecular complexity index is 985. The van der Waals surface area contributed by atoms with Crippen LogP contribution < -0.4 is 5.32 Å². The second-order valence-electron chi connectivity index (χ2n) is 7.21. The minimum Gasteiger partial charge on any atom is -0.481 e. The fraction of sp³-hybridized carbons (Fsp3) is 0.227. The first kappa shape index (κ1) is 18.4. The lowest BCUT2D eigenvalue weighted by molar-refractivity contribution is -0.146. The van der Waals surface area contributed by atoms with Gasteiger partial charge in [0.05, 0.1) is 17.5 Å². The number of halogens is 1.